The molecule has 2 aliphatic heterocycles. The number of halogens is 3. The first-order chi connectivity index (χ1) is 18.7. The van der Waals surface area contributed by atoms with E-state index in [-0.39, 0.29) is 36.5 Å². The van der Waals surface area contributed by atoms with Crippen molar-refractivity contribution in [1.29, 1.82) is 0 Å². The topological polar surface area (TPSA) is 123 Å². The van der Waals surface area contributed by atoms with Crippen LogP contribution in [0.3, 0.4) is 0 Å². The molecule has 1 saturated heterocycles. The summed E-state index contributed by atoms with van der Waals surface area (Å²) in [5.74, 6) is -0.201. The number of alkyl halides is 3. The van der Waals surface area contributed by atoms with Gasteiger partial charge in [-0.25, -0.2) is 9.97 Å². The van der Waals surface area contributed by atoms with Crippen LogP contribution in [0.25, 0.3) is 0 Å². The minimum Gasteiger partial charge on any atom is -0.497 e. The second kappa shape index (κ2) is 11.1. The molecule has 2 aromatic heterocycles. The SMILES string of the molecule is COc1ccc(N)c(CCNC2CCN(c3cc(C(=O)N4CCc5noc(C(F)(F)F)c5C4)ncn3)CC2)c1. The van der Waals surface area contributed by atoms with Crippen molar-refractivity contribution >= 4 is 17.4 Å². The van der Waals surface area contributed by atoms with Gasteiger partial charge in [0.15, 0.2) is 0 Å². The third-order valence-electron chi connectivity index (χ3n) is 7.25. The Morgan fingerprint density at radius 1 is 1.21 bits per heavy atom. The van der Waals surface area contributed by atoms with E-state index >= 15 is 0 Å². The molecule has 2 aliphatic rings. The number of nitrogen functional groups attached to an aromatic ring is 1. The third-order valence-corrected chi connectivity index (χ3v) is 7.25. The van der Waals surface area contributed by atoms with Gasteiger partial charge < -0.3 is 30.1 Å². The summed E-state index contributed by atoms with van der Waals surface area (Å²) < 4.78 is 49.6. The fraction of sp³-hybridized carbons (Fsp3) is 0.462. The number of anilines is 2. The second-order valence-electron chi connectivity index (χ2n) is 9.70. The van der Waals surface area contributed by atoms with Crippen LogP contribution in [-0.2, 0) is 25.6 Å². The van der Waals surface area contributed by atoms with Crippen molar-refractivity contribution in [2.24, 2.45) is 0 Å². The van der Waals surface area contributed by atoms with Crippen LogP contribution in [0.2, 0.25) is 0 Å². The molecule has 39 heavy (non-hydrogen) atoms. The van der Waals surface area contributed by atoms with Gasteiger partial charge in [0.2, 0.25) is 5.76 Å². The predicted molar refractivity (Wildman–Crippen MR) is 136 cm³/mol. The number of nitrogens with two attached hydrogens (primary N) is 1. The van der Waals surface area contributed by atoms with Gasteiger partial charge in [-0.05, 0) is 49.6 Å². The summed E-state index contributed by atoms with van der Waals surface area (Å²) in [5.41, 5.74) is 8.15. The molecule has 3 N–H and O–H groups in total. The highest BCUT2D eigenvalue weighted by Gasteiger charge is 2.42. The highest BCUT2D eigenvalue weighted by Crippen LogP contribution is 2.36. The van der Waals surface area contributed by atoms with E-state index in [1.807, 2.05) is 18.2 Å². The van der Waals surface area contributed by atoms with Crippen molar-refractivity contribution in [2.45, 2.75) is 44.4 Å². The molecule has 10 nitrogen and oxygen atoms in total. The van der Waals surface area contributed by atoms with Crippen LogP contribution in [0, 0.1) is 0 Å². The third kappa shape index (κ3) is 5.92. The number of amides is 1. The standard InChI is InChI=1S/C26H30F3N7O3/c1-38-18-2-3-20(30)16(12-18)4-8-31-17-5-9-35(10-6-17)23-13-22(32-15-33-23)25(37)36-11-7-21-19(14-36)24(39-34-21)26(27,28)29/h2-3,12-13,15,17,31H,4-11,14,30H2,1H3. The highest BCUT2D eigenvalue weighted by molar-refractivity contribution is 5.93. The Kier molecular flexibility index (Phi) is 7.60. The Labute approximate surface area is 223 Å². The lowest BCUT2D eigenvalue weighted by Gasteiger charge is -2.33. The van der Waals surface area contributed by atoms with E-state index in [0.717, 1.165) is 55.9 Å². The average molecular weight is 546 g/mol. The number of nitrogens with zero attached hydrogens (tertiary/aromatic N) is 5. The predicted octanol–water partition coefficient (Wildman–Crippen LogP) is 3.07. The monoisotopic (exact) mass is 545 g/mol. The lowest BCUT2D eigenvalue weighted by atomic mass is 10.0. The van der Waals surface area contributed by atoms with E-state index in [1.165, 1.54) is 11.2 Å². The number of piperidine rings is 1. The number of nitrogens with one attached hydrogen (secondary N) is 1. The second-order valence-corrected chi connectivity index (χ2v) is 9.70. The van der Waals surface area contributed by atoms with Crippen LogP contribution in [0.15, 0.2) is 35.1 Å². The van der Waals surface area contributed by atoms with Crippen molar-refractivity contribution in [3.05, 3.63) is 58.9 Å². The van der Waals surface area contributed by atoms with E-state index in [1.54, 1.807) is 13.2 Å². The van der Waals surface area contributed by atoms with Crippen molar-refractivity contribution in [3.8, 4) is 5.75 Å². The van der Waals surface area contributed by atoms with Gasteiger partial charge in [0.1, 0.15) is 23.6 Å². The number of aromatic nitrogens is 3. The molecule has 0 bridgehead atoms. The Hall–Kier alpha value is -3.87. The maximum absolute atomic E-state index is 13.3. The smallest absolute Gasteiger partial charge is 0.452 e. The first-order valence-electron chi connectivity index (χ1n) is 12.8. The molecule has 3 aromatic rings. The van der Waals surface area contributed by atoms with Crippen LogP contribution >= 0.6 is 0 Å². The number of ether oxygens (including phenoxy) is 1. The number of fused-ring (bicyclic) bond motifs is 1. The van der Waals surface area contributed by atoms with Crippen LogP contribution in [0.4, 0.5) is 24.7 Å². The molecule has 0 spiro atoms. The normalized spacial score (nSPS) is 16.3. The Bertz CT molecular complexity index is 1320. The Morgan fingerprint density at radius 2 is 2.00 bits per heavy atom. The minimum absolute atomic E-state index is 0.0972. The molecule has 0 aliphatic carbocycles. The van der Waals surface area contributed by atoms with Crippen molar-refractivity contribution in [3.63, 3.8) is 0 Å². The molecule has 13 heteroatoms. The van der Waals surface area contributed by atoms with Gasteiger partial charge in [-0.3, -0.25) is 4.79 Å². The lowest BCUT2D eigenvalue weighted by molar-refractivity contribution is -0.156. The molecular formula is C26H30F3N7O3. The first-order valence-corrected chi connectivity index (χ1v) is 12.8. The first kappa shape index (κ1) is 26.7. The van der Waals surface area contributed by atoms with Gasteiger partial charge in [0.05, 0.1) is 19.3 Å². The number of hydrogen-bond acceptors (Lipinski definition) is 9. The number of benzene rings is 1. The van der Waals surface area contributed by atoms with Crippen LogP contribution in [0.1, 0.15) is 45.9 Å². The molecule has 1 fully saturated rings. The molecule has 1 amide bonds. The number of carbonyl (C=O) groups is 1. The van der Waals surface area contributed by atoms with Crippen molar-refractivity contribution in [2.75, 3.05) is 43.9 Å². The molecule has 0 radical (unpaired) electrons. The summed E-state index contributed by atoms with van der Waals surface area (Å²) >= 11 is 0. The molecule has 0 unspecified atom stereocenters. The fourth-order valence-electron chi connectivity index (χ4n) is 5.06. The fourth-order valence-corrected chi connectivity index (χ4v) is 5.06. The lowest BCUT2D eigenvalue weighted by Crippen LogP contribution is -2.43. The summed E-state index contributed by atoms with van der Waals surface area (Å²) in [7, 11) is 1.63. The van der Waals surface area contributed by atoms with Crippen LogP contribution in [-0.4, -0.2) is 65.3 Å². The van der Waals surface area contributed by atoms with Gasteiger partial charge >= 0.3 is 6.18 Å². The highest BCUT2D eigenvalue weighted by atomic mass is 19.4. The van der Waals surface area contributed by atoms with E-state index in [9.17, 15) is 18.0 Å². The van der Waals surface area contributed by atoms with E-state index < -0.39 is 17.8 Å². The van der Waals surface area contributed by atoms with Gasteiger partial charge in [-0.15, -0.1) is 0 Å². The maximum atomic E-state index is 13.3. The largest absolute Gasteiger partial charge is 0.497 e. The quantitative estimate of drug-likeness (QED) is 0.431. The zero-order valence-corrected chi connectivity index (χ0v) is 21.5. The number of hydrogen-bond donors (Lipinski definition) is 2. The van der Waals surface area contributed by atoms with Gasteiger partial charge in [0, 0.05) is 49.4 Å². The number of carbonyl (C=O) groups excluding carboxylic acids is 1. The van der Waals surface area contributed by atoms with Gasteiger partial charge in [0.25, 0.3) is 5.91 Å². The molecule has 1 aromatic carbocycles. The molecule has 208 valence electrons. The number of methoxy groups -OCH3 is 1. The van der Waals surface area contributed by atoms with E-state index in [0.29, 0.717) is 11.9 Å². The zero-order valence-electron chi connectivity index (χ0n) is 21.5. The van der Waals surface area contributed by atoms with Crippen LogP contribution < -0.4 is 20.7 Å². The Morgan fingerprint density at radius 3 is 2.74 bits per heavy atom. The Balaban J connectivity index is 1.15. The molecule has 4 heterocycles. The minimum atomic E-state index is -4.67. The van der Waals surface area contributed by atoms with Gasteiger partial charge in [-0.2, -0.15) is 13.2 Å². The van der Waals surface area contributed by atoms with Gasteiger partial charge in [-0.1, -0.05) is 5.16 Å². The molecule has 0 saturated carbocycles. The summed E-state index contributed by atoms with van der Waals surface area (Å²) in [4.78, 5) is 25.0. The zero-order chi connectivity index (χ0) is 27.6. The average Bonchev–Trinajstić information content (AvgIpc) is 3.38. The summed E-state index contributed by atoms with van der Waals surface area (Å²) in [6, 6.07) is 7.60. The van der Waals surface area contributed by atoms with E-state index in [4.69, 9.17) is 10.5 Å². The van der Waals surface area contributed by atoms with Crippen molar-refractivity contribution < 1.29 is 27.2 Å². The molecule has 0 atom stereocenters. The van der Waals surface area contributed by atoms with Crippen LogP contribution in [0.5, 0.6) is 5.75 Å². The summed E-state index contributed by atoms with van der Waals surface area (Å²) in [6.45, 7) is 2.27. The summed E-state index contributed by atoms with van der Waals surface area (Å²) in [5, 5.41) is 7.13. The molecule has 5 rings (SSSR count). The van der Waals surface area contributed by atoms with E-state index in [2.05, 4.69) is 29.9 Å². The maximum Gasteiger partial charge on any atom is 0.452 e. The number of rotatable bonds is 7. The van der Waals surface area contributed by atoms with Crippen molar-refractivity contribution in [1.82, 2.24) is 25.3 Å². The molecular weight excluding hydrogens is 515 g/mol. The summed E-state index contributed by atoms with van der Waals surface area (Å²) in [6.07, 6.45) is -0.589.